The Morgan fingerprint density at radius 3 is 3.20 bits per heavy atom. The molecular formula is C6H10ClN3. The standard InChI is InChI=1S/C6H9N3.ClH/c7-5-2-4-9-6(5)1-3-8-9;/h1,3,5H,2,4,7H2;1H. The molecule has 0 saturated carbocycles. The Morgan fingerprint density at radius 2 is 2.50 bits per heavy atom. The lowest BCUT2D eigenvalue weighted by atomic mass is 10.2. The maximum absolute atomic E-state index is 5.73. The van der Waals surface area contributed by atoms with Crippen LogP contribution in [0.25, 0.3) is 0 Å². The third kappa shape index (κ3) is 0.914. The van der Waals surface area contributed by atoms with Crippen LogP contribution in [0.2, 0.25) is 0 Å². The van der Waals surface area contributed by atoms with Gasteiger partial charge in [0.25, 0.3) is 0 Å². The number of aryl methyl sites for hydroxylation is 1. The molecule has 2 rings (SSSR count). The summed E-state index contributed by atoms with van der Waals surface area (Å²) in [6, 6.07) is 2.21. The highest BCUT2D eigenvalue weighted by atomic mass is 35.5. The van der Waals surface area contributed by atoms with Gasteiger partial charge in [-0.3, -0.25) is 4.68 Å². The van der Waals surface area contributed by atoms with Crippen molar-refractivity contribution in [1.82, 2.24) is 9.78 Å². The van der Waals surface area contributed by atoms with Crippen molar-refractivity contribution >= 4 is 12.4 Å². The van der Waals surface area contributed by atoms with E-state index in [0.717, 1.165) is 13.0 Å². The van der Waals surface area contributed by atoms with Crippen molar-refractivity contribution in [3.8, 4) is 0 Å². The quantitative estimate of drug-likeness (QED) is 0.606. The van der Waals surface area contributed by atoms with Crippen LogP contribution in [0.3, 0.4) is 0 Å². The molecule has 3 nitrogen and oxygen atoms in total. The monoisotopic (exact) mass is 159 g/mol. The smallest absolute Gasteiger partial charge is 0.0552 e. The largest absolute Gasteiger partial charge is 0.323 e. The number of aromatic nitrogens is 2. The van der Waals surface area contributed by atoms with Crippen LogP contribution in [0.15, 0.2) is 12.3 Å². The van der Waals surface area contributed by atoms with Crippen molar-refractivity contribution in [3.63, 3.8) is 0 Å². The second-order valence-electron chi connectivity index (χ2n) is 2.37. The number of halogens is 1. The summed E-state index contributed by atoms with van der Waals surface area (Å²) in [5.74, 6) is 0. The van der Waals surface area contributed by atoms with Gasteiger partial charge >= 0.3 is 0 Å². The molecule has 1 aromatic rings. The molecule has 1 atom stereocenters. The number of nitrogens with zero attached hydrogens (tertiary/aromatic N) is 2. The average molecular weight is 160 g/mol. The van der Waals surface area contributed by atoms with Gasteiger partial charge in [0.2, 0.25) is 0 Å². The lowest BCUT2D eigenvalue weighted by molar-refractivity contribution is 0.637. The first kappa shape index (κ1) is 7.57. The lowest BCUT2D eigenvalue weighted by Crippen LogP contribution is -2.04. The molecule has 0 bridgehead atoms. The topological polar surface area (TPSA) is 43.8 Å². The van der Waals surface area contributed by atoms with E-state index in [0.29, 0.717) is 0 Å². The van der Waals surface area contributed by atoms with Crippen molar-refractivity contribution in [2.45, 2.75) is 19.0 Å². The maximum atomic E-state index is 5.73. The predicted molar refractivity (Wildman–Crippen MR) is 41.0 cm³/mol. The molecule has 2 N–H and O–H groups in total. The Bertz CT molecular complexity index is 221. The molecule has 0 amide bonds. The zero-order valence-electron chi connectivity index (χ0n) is 5.53. The molecule has 1 unspecified atom stereocenters. The fourth-order valence-electron chi connectivity index (χ4n) is 1.25. The number of hydrogen-bond acceptors (Lipinski definition) is 2. The van der Waals surface area contributed by atoms with Crippen molar-refractivity contribution in [3.05, 3.63) is 18.0 Å². The van der Waals surface area contributed by atoms with Gasteiger partial charge in [-0.25, -0.2) is 0 Å². The molecule has 10 heavy (non-hydrogen) atoms. The number of nitrogens with two attached hydrogens (primary N) is 1. The number of hydrogen-bond donors (Lipinski definition) is 1. The molecule has 56 valence electrons. The van der Waals surface area contributed by atoms with E-state index in [1.807, 2.05) is 10.7 Å². The van der Waals surface area contributed by atoms with E-state index in [-0.39, 0.29) is 18.4 Å². The molecule has 1 aromatic heterocycles. The Balaban J connectivity index is 0.000000500. The molecule has 0 spiro atoms. The highest BCUT2D eigenvalue weighted by Gasteiger charge is 2.17. The average Bonchev–Trinajstić information content (AvgIpc) is 2.35. The molecule has 2 heterocycles. The van der Waals surface area contributed by atoms with E-state index in [4.69, 9.17) is 5.73 Å². The van der Waals surface area contributed by atoms with Gasteiger partial charge < -0.3 is 5.73 Å². The van der Waals surface area contributed by atoms with E-state index in [1.165, 1.54) is 5.69 Å². The third-order valence-electron chi connectivity index (χ3n) is 1.78. The van der Waals surface area contributed by atoms with Crippen LogP contribution in [0, 0.1) is 0 Å². The molecule has 0 aromatic carbocycles. The lowest BCUT2D eigenvalue weighted by Gasteiger charge is -1.95. The van der Waals surface area contributed by atoms with Gasteiger partial charge in [0.15, 0.2) is 0 Å². The summed E-state index contributed by atoms with van der Waals surface area (Å²) in [4.78, 5) is 0. The second-order valence-corrected chi connectivity index (χ2v) is 2.37. The Kier molecular flexibility index (Phi) is 1.97. The molecule has 0 saturated heterocycles. The number of rotatable bonds is 0. The van der Waals surface area contributed by atoms with Gasteiger partial charge in [-0.1, -0.05) is 0 Å². The van der Waals surface area contributed by atoms with Crippen LogP contribution < -0.4 is 5.73 Å². The van der Waals surface area contributed by atoms with Gasteiger partial charge in [0, 0.05) is 18.8 Å². The minimum absolute atomic E-state index is 0. The fraction of sp³-hybridized carbons (Fsp3) is 0.500. The van der Waals surface area contributed by atoms with Crippen molar-refractivity contribution < 1.29 is 0 Å². The summed E-state index contributed by atoms with van der Waals surface area (Å²) in [5, 5.41) is 4.08. The van der Waals surface area contributed by atoms with E-state index in [1.54, 1.807) is 6.20 Å². The highest BCUT2D eigenvalue weighted by molar-refractivity contribution is 5.85. The van der Waals surface area contributed by atoms with Crippen molar-refractivity contribution in [2.75, 3.05) is 0 Å². The fourth-order valence-corrected chi connectivity index (χ4v) is 1.25. The zero-order chi connectivity index (χ0) is 6.27. The molecule has 0 aliphatic carbocycles. The third-order valence-corrected chi connectivity index (χ3v) is 1.78. The first-order chi connectivity index (χ1) is 4.38. The summed E-state index contributed by atoms with van der Waals surface area (Å²) >= 11 is 0. The van der Waals surface area contributed by atoms with Crippen LogP contribution in [-0.2, 0) is 6.54 Å². The first-order valence-electron chi connectivity index (χ1n) is 3.15. The van der Waals surface area contributed by atoms with E-state index in [9.17, 15) is 0 Å². The minimum atomic E-state index is 0. The normalized spacial score (nSPS) is 21.9. The molecule has 1 aliphatic rings. The summed E-state index contributed by atoms with van der Waals surface area (Å²) in [6.45, 7) is 0.990. The molecule has 0 fully saturated rings. The highest BCUT2D eigenvalue weighted by Crippen LogP contribution is 2.20. The SMILES string of the molecule is Cl.NC1CCn2nccc21. The van der Waals surface area contributed by atoms with Crippen LogP contribution in [0.1, 0.15) is 18.2 Å². The van der Waals surface area contributed by atoms with Crippen LogP contribution in [0.4, 0.5) is 0 Å². The van der Waals surface area contributed by atoms with E-state index < -0.39 is 0 Å². The van der Waals surface area contributed by atoms with Crippen LogP contribution in [0.5, 0.6) is 0 Å². The molecule has 1 aliphatic heterocycles. The maximum Gasteiger partial charge on any atom is 0.0552 e. The second kappa shape index (κ2) is 2.60. The molecule has 0 radical (unpaired) electrons. The van der Waals surface area contributed by atoms with Crippen molar-refractivity contribution in [1.29, 1.82) is 0 Å². The van der Waals surface area contributed by atoms with Gasteiger partial charge in [-0.15, -0.1) is 12.4 Å². The minimum Gasteiger partial charge on any atom is -0.323 e. The molecular weight excluding hydrogens is 150 g/mol. The van der Waals surface area contributed by atoms with E-state index >= 15 is 0 Å². The molecule has 4 heteroatoms. The summed E-state index contributed by atoms with van der Waals surface area (Å²) in [5.41, 5.74) is 6.91. The Hall–Kier alpha value is -0.540. The van der Waals surface area contributed by atoms with Gasteiger partial charge in [-0.2, -0.15) is 5.10 Å². The van der Waals surface area contributed by atoms with Crippen LogP contribution in [-0.4, -0.2) is 9.78 Å². The van der Waals surface area contributed by atoms with E-state index in [2.05, 4.69) is 5.10 Å². The zero-order valence-corrected chi connectivity index (χ0v) is 6.34. The predicted octanol–water partition coefficient (Wildman–Crippen LogP) is 0.708. The Morgan fingerprint density at radius 1 is 1.70 bits per heavy atom. The van der Waals surface area contributed by atoms with Gasteiger partial charge in [0.05, 0.1) is 5.69 Å². The summed E-state index contributed by atoms with van der Waals surface area (Å²) in [7, 11) is 0. The van der Waals surface area contributed by atoms with Crippen molar-refractivity contribution in [2.24, 2.45) is 5.73 Å². The first-order valence-corrected chi connectivity index (χ1v) is 3.15. The van der Waals surface area contributed by atoms with Gasteiger partial charge in [0.1, 0.15) is 0 Å². The van der Waals surface area contributed by atoms with Crippen LogP contribution >= 0.6 is 12.4 Å². The Labute approximate surface area is 65.6 Å². The summed E-state index contributed by atoms with van der Waals surface area (Å²) in [6.07, 6.45) is 2.84. The summed E-state index contributed by atoms with van der Waals surface area (Å²) < 4.78 is 1.96. The van der Waals surface area contributed by atoms with Gasteiger partial charge in [-0.05, 0) is 12.5 Å². The number of fused-ring (bicyclic) bond motifs is 1.